The minimum absolute atomic E-state index is 0.592. The van der Waals surface area contributed by atoms with E-state index in [2.05, 4.69) is 44.7 Å². The number of hydrogen-bond acceptors (Lipinski definition) is 1. The van der Waals surface area contributed by atoms with Gasteiger partial charge in [-0.25, -0.2) is 4.98 Å². The first kappa shape index (κ1) is 31.2. The second-order valence-corrected chi connectivity index (χ2v) is 11.1. The van der Waals surface area contributed by atoms with E-state index in [1.807, 2.05) is 0 Å². The van der Waals surface area contributed by atoms with Gasteiger partial charge in [-0.15, -0.1) is 0 Å². The van der Waals surface area contributed by atoms with E-state index in [1.165, 1.54) is 154 Å². The molecule has 0 aromatic carbocycles. The van der Waals surface area contributed by atoms with Gasteiger partial charge in [0.05, 0.1) is 0 Å². The van der Waals surface area contributed by atoms with Crippen LogP contribution in [0.3, 0.4) is 0 Å². The fourth-order valence-corrected chi connectivity index (χ4v) is 5.46. The van der Waals surface area contributed by atoms with Gasteiger partial charge in [0, 0.05) is 24.4 Å². The van der Waals surface area contributed by atoms with Crippen LogP contribution in [0.5, 0.6) is 0 Å². The molecule has 34 heavy (non-hydrogen) atoms. The Hall–Kier alpha value is -0.790. The SMILES string of the molecule is CCCCCCCCCCCCCCCC(CCCC)c1nccn1C(C)CCCCCCC. The molecule has 0 spiro atoms. The van der Waals surface area contributed by atoms with Gasteiger partial charge in [0.15, 0.2) is 0 Å². The first-order valence-electron chi connectivity index (χ1n) is 15.8. The summed E-state index contributed by atoms with van der Waals surface area (Å²) in [5.74, 6) is 2.04. The molecule has 0 radical (unpaired) electrons. The van der Waals surface area contributed by atoms with Crippen LogP contribution in [0.1, 0.15) is 193 Å². The molecule has 1 aromatic rings. The number of nitrogens with zero attached hydrogens (tertiary/aromatic N) is 2. The van der Waals surface area contributed by atoms with Crippen LogP contribution < -0.4 is 0 Å². The Balaban J connectivity index is 2.26. The summed E-state index contributed by atoms with van der Waals surface area (Å²) in [5, 5.41) is 0. The average Bonchev–Trinajstić information content (AvgIpc) is 3.33. The zero-order valence-electron chi connectivity index (χ0n) is 24.0. The van der Waals surface area contributed by atoms with Crippen LogP contribution in [0.15, 0.2) is 12.4 Å². The van der Waals surface area contributed by atoms with Crippen molar-refractivity contribution in [3.63, 3.8) is 0 Å². The van der Waals surface area contributed by atoms with Gasteiger partial charge in [0.2, 0.25) is 0 Å². The lowest BCUT2D eigenvalue weighted by molar-refractivity contribution is 0.416. The summed E-state index contributed by atoms with van der Waals surface area (Å²) >= 11 is 0. The minimum Gasteiger partial charge on any atom is -0.332 e. The van der Waals surface area contributed by atoms with E-state index < -0.39 is 0 Å². The standard InChI is InChI=1S/C32H62N2/c1-5-8-11-13-14-15-16-17-18-19-20-22-24-27-31(26-10-7-3)32-33-28-29-34(32)30(4)25-23-21-12-9-6-2/h28-31H,5-27H2,1-4H3. The molecule has 1 heterocycles. The highest BCUT2D eigenvalue weighted by Gasteiger charge is 2.19. The normalized spacial score (nSPS) is 13.4. The lowest BCUT2D eigenvalue weighted by Crippen LogP contribution is -2.13. The largest absolute Gasteiger partial charge is 0.332 e. The fourth-order valence-electron chi connectivity index (χ4n) is 5.46. The quantitative estimate of drug-likeness (QED) is 0.129. The molecule has 0 fully saturated rings. The van der Waals surface area contributed by atoms with Gasteiger partial charge >= 0.3 is 0 Å². The second-order valence-electron chi connectivity index (χ2n) is 11.1. The van der Waals surface area contributed by atoms with Crippen molar-refractivity contribution < 1.29 is 0 Å². The smallest absolute Gasteiger partial charge is 0.111 e. The third-order valence-electron chi connectivity index (χ3n) is 7.83. The van der Waals surface area contributed by atoms with Gasteiger partial charge in [0.25, 0.3) is 0 Å². The van der Waals surface area contributed by atoms with Crippen molar-refractivity contribution in [2.24, 2.45) is 0 Å². The maximum Gasteiger partial charge on any atom is 0.111 e. The summed E-state index contributed by atoms with van der Waals surface area (Å²) < 4.78 is 2.53. The third-order valence-corrected chi connectivity index (χ3v) is 7.83. The van der Waals surface area contributed by atoms with Crippen molar-refractivity contribution in [1.29, 1.82) is 0 Å². The highest BCUT2D eigenvalue weighted by atomic mass is 15.1. The Morgan fingerprint density at radius 3 is 1.47 bits per heavy atom. The van der Waals surface area contributed by atoms with Crippen LogP contribution in [0.4, 0.5) is 0 Å². The lowest BCUT2D eigenvalue weighted by atomic mass is 9.93. The van der Waals surface area contributed by atoms with Crippen LogP contribution in [0.25, 0.3) is 0 Å². The zero-order chi connectivity index (χ0) is 24.7. The van der Waals surface area contributed by atoms with Gasteiger partial charge in [-0.05, 0) is 26.2 Å². The molecule has 0 saturated carbocycles. The second kappa shape index (κ2) is 22.7. The van der Waals surface area contributed by atoms with E-state index >= 15 is 0 Å². The molecule has 2 atom stereocenters. The van der Waals surface area contributed by atoms with E-state index in [4.69, 9.17) is 4.98 Å². The minimum atomic E-state index is 0.592. The summed E-state index contributed by atoms with van der Waals surface area (Å²) in [4.78, 5) is 4.89. The third kappa shape index (κ3) is 15.3. The molecular formula is C32H62N2. The van der Waals surface area contributed by atoms with Crippen molar-refractivity contribution in [2.45, 2.75) is 187 Å². The molecule has 0 saturated heterocycles. The average molecular weight is 475 g/mol. The highest BCUT2D eigenvalue weighted by Crippen LogP contribution is 2.30. The first-order valence-corrected chi connectivity index (χ1v) is 15.8. The van der Waals surface area contributed by atoms with Crippen LogP contribution >= 0.6 is 0 Å². The van der Waals surface area contributed by atoms with Gasteiger partial charge in [-0.3, -0.25) is 0 Å². The van der Waals surface area contributed by atoms with Crippen LogP contribution in [0, 0.1) is 0 Å². The maximum atomic E-state index is 4.89. The van der Waals surface area contributed by atoms with Crippen LogP contribution in [0.2, 0.25) is 0 Å². The molecule has 2 heteroatoms. The Morgan fingerprint density at radius 2 is 0.971 bits per heavy atom. The molecule has 0 amide bonds. The molecule has 0 aliphatic carbocycles. The van der Waals surface area contributed by atoms with Gasteiger partial charge < -0.3 is 4.57 Å². The number of aromatic nitrogens is 2. The summed E-state index contributed by atoms with van der Waals surface area (Å²) in [6.45, 7) is 9.34. The molecule has 0 aliphatic rings. The Labute approximate surface area is 215 Å². The predicted octanol–water partition coefficient (Wildman–Crippen LogP) is 11.6. The summed E-state index contributed by atoms with van der Waals surface area (Å²) in [7, 11) is 0. The van der Waals surface area contributed by atoms with Crippen molar-refractivity contribution in [2.75, 3.05) is 0 Å². The predicted molar refractivity (Wildman–Crippen MR) is 153 cm³/mol. The van der Waals surface area contributed by atoms with E-state index in [0.29, 0.717) is 12.0 Å². The Kier molecular flexibility index (Phi) is 20.8. The number of imidazole rings is 1. The maximum absolute atomic E-state index is 4.89. The van der Waals surface area contributed by atoms with E-state index in [-0.39, 0.29) is 0 Å². The van der Waals surface area contributed by atoms with Crippen molar-refractivity contribution in [3.8, 4) is 0 Å². The molecule has 0 N–H and O–H groups in total. The van der Waals surface area contributed by atoms with Crippen LogP contribution in [-0.4, -0.2) is 9.55 Å². The Morgan fingerprint density at radius 1 is 0.559 bits per heavy atom. The lowest BCUT2D eigenvalue weighted by Gasteiger charge is -2.22. The summed E-state index contributed by atoms with van der Waals surface area (Å²) in [5.41, 5.74) is 0. The molecule has 0 bridgehead atoms. The Bertz CT molecular complexity index is 535. The topological polar surface area (TPSA) is 17.8 Å². The molecular weight excluding hydrogens is 412 g/mol. The van der Waals surface area contributed by atoms with Crippen LogP contribution in [-0.2, 0) is 0 Å². The monoisotopic (exact) mass is 474 g/mol. The summed E-state index contributed by atoms with van der Waals surface area (Å²) in [6.07, 6.45) is 36.4. The van der Waals surface area contributed by atoms with Crippen molar-refractivity contribution in [1.82, 2.24) is 9.55 Å². The molecule has 200 valence electrons. The highest BCUT2D eigenvalue weighted by molar-refractivity contribution is 5.02. The zero-order valence-corrected chi connectivity index (χ0v) is 24.0. The summed E-state index contributed by atoms with van der Waals surface area (Å²) in [6, 6.07) is 0.592. The molecule has 0 aliphatic heterocycles. The van der Waals surface area contributed by atoms with E-state index in [1.54, 1.807) is 0 Å². The van der Waals surface area contributed by atoms with Gasteiger partial charge in [0.1, 0.15) is 5.82 Å². The first-order chi connectivity index (χ1) is 16.7. The van der Waals surface area contributed by atoms with Crippen molar-refractivity contribution in [3.05, 3.63) is 18.2 Å². The van der Waals surface area contributed by atoms with Crippen molar-refractivity contribution >= 4 is 0 Å². The van der Waals surface area contributed by atoms with Gasteiger partial charge in [-0.2, -0.15) is 0 Å². The number of rotatable bonds is 25. The van der Waals surface area contributed by atoms with E-state index in [9.17, 15) is 0 Å². The molecule has 2 nitrogen and oxygen atoms in total. The number of unbranched alkanes of at least 4 members (excludes halogenated alkanes) is 17. The molecule has 2 unspecified atom stereocenters. The van der Waals surface area contributed by atoms with E-state index in [0.717, 1.165) is 0 Å². The molecule has 1 rings (SSSR count). The molecule has 1 aromatic heterocycles. The van der Waals surface area contributed by atoms with Gasteiger partial charge in [-0.1, -0.05) is 149 Å². The number of hydrogen-bond donors (Lipinski definition) is 0. The fraction of sp³-hybridized carbons (Fsp3) is 0.906.